The van der Waals surface area contributed by atoms with Gasteiger partial charge in [0.15, 0.2) is 0 Å². The lowest BCUT2D eigenvalue weighted by Crippen LogP contribution is -2.41. The molecule has 6 heteroatoms. The summed E-state index contributed by atoms with van der Waals surface area (Å²) in [6.07, 6.45) is 1.71. The van der Waals surface area contributed by atoms with Crippen LogP contribution >= 0.6 is 0 Å². The molecule has 3 rings (SSSR count). The van der Waals surface area contributed by atoms with Crippen LogP contribution in [-0.2, 0) is 14.9 Å². The van der Waals surface area contributed by atoms with Crippen molar-refractivity contribution in [2.24, 2.45) is 5.41 Å². The van der Waals surface area contributed by atoms with Gasteiger partial charge in [0.2, 0.25) is 0 Å². The van der Waals surface area contributed by atoms with Crippen molar-refractivity contribution in [3.63, 3.8) is 0 Å². The number of ether oxygens (including phenoxy) is 2. The lowest BCUT2D eigenvalue weighted by Gasteiger charge is -2.35. The summed E-state index contributed by atoms with van der Waals surface area (Å²) in [5.74, 6) is 0.166. The lowest BCUT2D eigenvalue weighted by atomic mass is 9.70. The zero-order valence-electron chi connectivity index (χ0n) is 26.9. The van der Waals surface area contributed by atoms with Gasteiger partial charge >= 0.3 is 5.97 Å². The van der Waals surface area contributed by atoms with Crippen LogP contribution in [0.5, 0.6) is 5.75 Å². The van der Waals surface area contributed by atoms with Crippen LogP contribution in [0.3, 0.4) is 0 Å². The molecular formula is C36H49NO5. The number of hydrogen-bond donors (Lipinski definition) is 1. The number of carbonyl (C=O) groups is 2. The molecule has 0 heterocycles. The van der Waals surface area contributed by atoms with E-state index in [1.807, 2.05) is 45.9 Å². The molecule has 0 aliphatic heterocycles. The predicted molar refractivity (Wildman–Crippen MR) is 170 cm³/mol. The van der Waals surface area contributed by atoms with Gasteiger partial charge in [0, 0.05) is 18.0 Å². The fourth-order valence-electron chi connectivity index (χ4n) is 5.77. The van der Waals surface area contributed by atoms with Crippen molar-refractivity contribution in [3.05, 3.63) is 76.9 Å². The van der Waals surface area contributed by atoms with Gasteiger partial charge in [-0.2, -0.15) is 0 Å². The number of aliphatic hydroxyl groups excluding tert-OH is 1. The van der Waals surface area contributed by atoms with E-state index < -0.39 is 12.1 Å². The molecule has 3 aromatic rings. The third-order valence-electron chi connectivity index (χ3n) is 8.51. The summed E-state index contributed by atoms with van der Waals surface area (Å²) in [6, 6.07) is 18.6. The van der Waals surface area contributed by atoms with Gasteiger partial charge in [-0.05, 0) is 84.2 Å². The van der Waals surface area contributed by atoms with E-state index in [1.54, 1.807) is 14.0 Å². The van der Waals surface area contributed by atoms with Gasteiger partial charge in [-0.15, -0.1) is 0 Å². The molecule has 0 aliphatic rings. The molecule has 1 N–H and O–H groups in total. The van der Waals surface area contributed by atoms with Crippen molar-refractivity contribution in [3.8, 4) is 5.75 Å². The van der Waals surface area contributed by atoms with Gasteiger partial charge in [-0.3, -0.25) is 9.59 Å². The Morgan fingerprint density at radius 3 is 2.05 bits per heavy atom. The van der Waals surface area contributed by atoms with Gasteiger partial charge in [0.25, 0.3) is 5.91 Å². The fourth-order valence-corrected chi connectivity index (χ4v) is 5.77. The highest BCUT2D eigenvalue weighted by Gasteiger charge is 2.33. The average molecular weight is 576 g/mol. The van der Waals surface area contributed by atoms with E-state index in [4.69, 9.17) is 9.47 Å². The second kappa shape index (κ2) is 13.7. The first-order valence-electron chi connectivity index (χ1n) is 15.2. The molecule has 2 unspecified atom stereocenters. The molecule has 0 aromatic heterocycles. The first-order chi connectivity index (χ1) is 19.8. The first kappa shape index (κ1) is 33.1. The molecule has 1 amide bonds. The smallest absolute Gasteiger partial charge is 0.325 e. The molecule has 0 saturated heterocycles. The van der Waals surface area contributed by atoms with Crippen LogP contribution in [0, 0.1) is 12.3 Å². The minimum absolute atomic E-state index is 0.0846. The summed E-state index contributed by atoms with van der Waals surface area (Å²) in [5.41, 5.74) is 3.58. The van der Waals surface area contributed by atoms with Crippen LogP contribution in [0.15, 0.2) is 54.6 Å². The molecule has 0 fully saturated rings. The maximum Gasteiger partial charge on any atom is 0.325 e. The van der Waals surface area contributed by atoms with E-state index in [9.17, 15) is 14.7 Å². The minimum Gasteiger partial charge on any atom is -0.487 e. The Bertz CT molecular complexity index is 1390. The molecule has 42 heavy (non-hydrogen) atoms. The summed E-state index contributed by atoms with van der Waals surface area (Å²) in [7, 11) is 1.61. The monoisotopic (exact) mass is 575 g/mol. The Hall–Kier alpha value is -3.38. The number of carbonyl (C=O) groups excluding carboxylic acids is 2. The summed E-state index contributed by atoms with van der Waals surface area (Å²) in [4.78, 5) is 26.2. The van der Waals surface area contributed by atoms with Gasteiger partial charge in [-0.1, -0.05) is 77.9 Å². The SMILES string of the molecule is CCOC(=O)CN(C)C(=O)c1ccc2cc(C(CC)(CC)c3ccc(OC(CC)C(O)C(C)(C)C)c(C)c3)ccc2c1. The van der Waals surface area contributed by atoms with Crippen LogP contribution < -0.4 is 4.74 Å². The van der Waals surface area contributed by atoms with Crippen molar-refractivity contribution in [1.29, 1.82) is 0 Å². The zero-order chi connectivity index (χ0) is 31.2. The number of rotatable bonds is 12. The lowest BCUT2D eigenvalue weighted by molar-refractivity contribution is -0.143. The Morgan fingerprint density at radius 1 is 0.881 bits per heavy atom. The van der Waals surface area contributed by atoms with Gasteiger partial charge < -0.3 is 19.5 Å². The standard InChI is InChI=1S/C36H49NO5/c1-10-30(33(39)35(6,7)8)42-31-19-18-28(20-24(31)5)36(11-2,12-3)29-17-16-25-21-27(15-14-26(25)22-29)34(40)37(9)23-32(38)41-13-4/h14-22,30,33,39H,10-13,23H2,1-9H3. The Labute approximate surface area is 252 Å². The van der Waals surface area contributed by atoms with Crippen molar-refractivity contribution in [1.82, 2.24) is 4.90 Å². The van der Waals surface area contributed by atoms with Crippen LogP contribution in [0.1, 0.15) is 94.8 Å². The van der Waals surface area contributed by atoms with E-state index in [1.165, 1.54) is 16.0 Å². The second-order valence-corrected chi connectivity index (χ2v) is 12.4. The quantitative estimate of drug-likeness (QED) is 0.227. The maximum atomic E-state index is 13.0. The predicted octanol–water partition coefficient (Wildman–Crippen LogP) is 7.45. The number of benzene rings is 3. The Morgan fingerprint density at radius 2 is 1.48 bits per heavy atom. The molecule has 3 aromatic carbocycles. The topological polar surface area (TPSA) is 76.1 Å². The van der Waals surface area contributed by atoms with Crippen LogP contribution in [0.4, 0.5) is 0 Å². The largest absolute Gasteiger partial charge is 0.487 e. The van der Waals surface area contributed by atoms with E-state index in [-0.39, 0.29) is 36.0 Å². The number of nitrogens with zero attached hydrogens (tertiary/aromatic N) is 1. The highest BCUT2D eigenvalue weighted by molar-refractivity contribution is 5.99. The molecular weight excluding hydrogens is 526 g/mol. The van der Waals surface area contributed by atoms with Crippen molar-refractivity contribution >= 4 is 22.6 Å². The van der Waals surface area contributed by atoms with E-state index in [0.29, 0.717) is 5.56 Å². The number of aryl methyl sites for hydroxylation is 1. The van der Waals surface area contributed by atoms with Crippen molar-refractivity contribution in [2.45, 2.75) is 92.3 Å². The first-order valence-corrected chi connectivity index (χ1v) is 15.2. The van der Waals surface area contributed by atoms with Crippen molar-refractivity contribution in [2.75, 3.05) is 20.2 Å². The van der Waals surface area contributed by atoms with Crippen LogP contribution in [-0.4, -0.2) is 54.3 Å². The number of amides is 1. The van der Waals surface area contributed by atoms with E-state index in [2.05, 4.69) is 57.2 Å². The summed E-state index contributed by atoms with van der Waals surface area (Å²) >= 11 is 0. The van der Waals surface area contributed by atoms with Gasteiger partial charge in [0.1, 0.15) is 18.4 Å². The summed E-state index contributed by atoms with van der Waals surface area (Å²) in [6.45, 7) is 16.6. The third kappa shape index (κ3) is 7.15. The Kier molecular flexibility index (Phi) is 10.8. The molecule has 0 bridgehead atoms. The average Bonchev–Trinajstić information content (AvgIpc) is 2.96. The van der Waals surface area contributed by atoms with Crippen LogP contribution in [0.2, 0.25) is 0 Å². The third-order valence-corrected chi connectivity index (χ3v) is 8.51. The van der Waals surface area contributed by atoms with Crippen molar-refractivity contribution < 1.29 is 24.2 Å². The number of aliphatic hydroxyl groups is 1. The summed E-state index contributed by atoms with van der Waals surface area (Å²) < 4.78 is 11.3. The normalized spacial score (nSPS) is 13.5. The molecule has 6 nitrogen and oxygen atoms in total. The van der Waals surface area contributed by atoms with Gasteiger partial charge in [0.05, 0.1) is 12.7 Å². The van der Waals surface area contributed by atoms with E-state index >= 15 is 0 Å². The highest BCUT2D eigenvalue weighted by atomic mass is 16.5. The maximum absolute atomic E-state index is 13.0. The molecule has 2 atom stereocenters. The number of fused-ring (bicyclic) bond motifs is 1. The number of esters is 1. The summed E-state index contributed by atoms with van der Waals surface area (Å²) in [5, 5.41) is 12.9. The molecule has 0 aliphatic carbocycles. The molecule has 0 spiro atoms. The molecule has 0 saturated carbocycles. The van der Waals surface area contributed by atoms with Crippen LogP contribution in [0.25, 0.3) is 10.8 Å². The molecule has 0 radical (unpaired) electrons. The zero-order valence-corrected chi connectivity index (χ0v) is 26.9. The van der Waals surface area contributed by atoms with Gasteiger partial charge in [-0.25, -0.2) is 0 Å². The number of hydrogen-bond acceptors (Lipinski definition) is 5. The molecule has 228 valence electrons. The fraction of sp³-hybridized carbons (Fsp3) is 0.500. The Balaban J connectivity index is 1.92. The number of likely N-dealkylation sites (N-methyl/N-ethyl adjacent to an activating group) is 1. The highest BCUT2D eigenvalue weighted by Crippen LogP contribution is 2.41. The minimum atomic E-state index is -0.571. The van der Waals surface area contributed by atoms with E-state index in [0.717, 1.165) is 41.3 Å². The second-order valence-electron chi connectivity index (χ2n) is 12.4.